The minimum absolute atomic E-state index is 0.171. The van der Waals surface area contributed by atoms with Crippen LogP contribution in [0.2, 0.25) is 0 Å². The zero-order chi connectivity index (χ0) is 19.1. The van der Waals surface area contributed by atoms with E-state index in [4.69, 9.17) is 25.1 Å². The zero-order valence-corrected chi connectivity index (χ0v) is 15.3. The number of rotatable bonds is 8. The smallest absolute Gasteiger partial charge is 0.217 e. The Hall–Kier alpha value is -3.14. The SMILES string of the molecule is C#Cc1c(CC[C@H](NC(C)=O)c2ncco2)cc(OC)c(OC)c1OC. The van der Waals surface area contributed by atoms with E-state index in [0.29, 0.717) is 41.5 Å². The van der Waals surface area contributed by atoms with Crippen LogP contribution in [-0.4, -0.2) is 32.2 Å². The predicted octanol–water partition coefficient (Wildman–Crippen LogP) is 2.49. The molecular weight excluding hydrogens is 336 g/mol. The molecule has 0 saturated heterocycles. The standard InChI is InChI=1S/C19H22N2O5/c1-6-14-13(11-16(23-3)18(25-5)17(14)24-4)7-8-15(21-12(2)22)19-20-9-10-26-19/h1,9-11,15H,7-8H2,2-5H3,(H,21,22)/t15-/m0/s1. The molecule has 0 spiro atoms. The average Bonchev–Trinajstić information content (AvgIpc) is 3.17. The van der Waals surface area contributed by atoms with Crippen LogP contribution in [0.25, 0.3) is 0 Å². The van der Waals surface area contributed by atoms with Crippen LogP contribution < -0.4 is 19.5 Å². The summed E-state index contributed by atoms with van der Waals surface area (Å²) in [4.78, 5) is 15.6. The molecule has 7 nitrogen and oxygen atoms in total. The topological polar surface area (TPSA) is 82.8 Å². The Kier molecular flexibility index (Phi) is 6.50. The fraction of sp³-hybridized carbons (Fsp3) is 0.368. The van der Waals surface area contributed by atoms with Gasteiger partial charge in [0.2, 0.25) is 17.5 Å². The highest BCUT2D eigenvalue weighted by molar-refractivity contribution is 5.73. The van der Waals surface area contributed by atoms with Gasteiger partial charge in [-0.1, -0.05) is 5.92 Å². The summed E-state index contributed by atoms with van der Waals surface area (Å²) in [6, 6.07) is 1.45. The van der Waals surface area contributed by atoms with Gasteiger partial charge in [0.1, 0.15) is 12.3 Å². The van der Waals surface area contributed by atoms with Gasteiger partial charge in [0.15, 0.2) is 11.5 Å². The summed E-state index contributed by atoms with van der Waals surface area (Å²) in [5.74, 6) is 4.32. The van der Waals surface area contributed by atoms with Crippen LogP contribution in [0.3, 0.4) is 0 Å². The Labute approximate surface area is 152 Å². The highest BCUT2D eigenvalue weighted by atomic mass is 16.5. The van der Waals surface area contributed by atoms with E-state index in [1.54, 1.807) is 7.11 Å². The van der Waals surface area contributed by atoms with Crippen LogP contribution in [-0.2, 0) is 11.2 Å². The van der Waals surface area contributed by atoms with Gasteiger partial charge in [-0.15, -0.1) is 6.42 Å². The first-order valence-corrected chi connectivity index (χ1v) is 8.00. The fourth-order valence-corrected chi connectivity index (χ4v) is 2.77. The number of nitrogens with one attached hydrogen (secondary N) is 1. The molecule has 1 heterocycles. The van der Waals surface area contributed by atoms with Gasteiger partial charge >= 0.3 is 0 Å². The van der Waals surface area contributed by atoms with Gasteiger partial charge in [-0.3, -0.25) is 4.79 Å². The fourth-order valence-electron chi connectivity index (χ4n) is 2.77. The number of methoxy groups -OCH3 is 3. The molecule has 2 rings (SSSR count). The van der Waals surface area contributed by atoms with Crippen molar-refractivity contribution in [3.63, 3.8) is 0 Å². The van der Waals surface area contributed by atoms with Gasteiger partial charge in [-0.25, -0.2) is 4.98 Å². The lowest BCUT2D eigenvalue weighted by Gasteiger charge is -2.19. The van der Waals surface area contributed by atoms with E-state index in [2.05, 4.69) is 16.2 Å². The molecule has 0 aliphatic heterocycles. The van der Waals surface area contributed by atoms with E-state index < -0.39 is 0 Å². The summed E-state index contributed by atoms with van der Waals surface area (Å²) in [6.07, 6.45) is 9.78. The van der Waals surface area contributed by atoms with Crippen molar-refractivity contribution in [3.05, 3.63) is 35.5 Å². The van der Waals surface area contributed by atoms with Crippen molar-refractivity contribution >= 4 is 5.91 Å². The van der Waals surface area contributed by atoms with Gasteiger partial charge in [0.25, 0.3) is 0 Å². The van der Waals surface area contributed by atoms with Gasteiger partial charge in [-0.05, 0) is 24.5 Å². The summed E-state index contributed by atoms with van der Waals surface area (Å²) < 4.78 is 21.5. The molecule has 0 aliphatic carbocycles. The number of benzene rings is 1. The number of hydrogen-bond acceptors (Lipinski definition) is 6. The zero-order valence-electron chi connectivity index (χ0n) is 15.3. The molecule has 0 aliphatic rings. The molecule has 26 heavy (non-hydrogen) atoms. The lowest BCUT2D eigenvalue weighted by atomic mass is 9.98. The van der Waals surface area contributed by atoms with Gasteiger partial charge in [0.05, 0.1) is 33.1 Å². The molecular formula is C19H22N2O5. The van der Waals surface area contributed by atoms with Crippen LogP contribution >= 0.6 is 0 Å². The molecule has 1 N–H and O–H groups in total. The molecule has 1 atom stereocenters. The number of terminal acetylenes is 1. The van der Waals surface area contributed by atoms with Crippen LogP contribution in [0.4, 0.5) is 0 Å². The van der Waals surface area contributed by atoms with Crippen LogP contribution in [0, 0.1) is 12.3 Å². The number of carbonyl (C=O) groups is 1. The first-order chi connectivity index (χ1) is 12.5. The van der Waals surface area contributed by atoms with E-state index in [9.17, 15) is 4.79 Å². The van der Waals surface area contributed by atoms with E-state index in [-0.39, 0.29) is 11.9 Å². The highest BCUT2D eigenvalue weighted by Gasteiger charge is 2.22. The molecule has 0 radical (unpaired) electrons. The van der Waals surface area contributed by atoms with E-state index in [1.165, 1.54) is 33.6 Å². The molecule has 7 heteroatoms. The van der Waals surface area contributed by atoms with Crippen LogP contribution in [0.15, 0.2) is 22.9 Å². The lowest BCUT2D eigenvalue weighted by Crippen LogP contribution is -2.26. The Morgan fingerprint density at radius 3 is 2.54 bits per heavy atom. The third kappa shape index (κ3) is 4.09. The van der Waals surface area contributed by atoms with E-state index in [0.717, 1.165) is 5.56 Å². The molecule has 0 saturated carbocycles. The second-order valence-electron chi connectivity index (χ2n) is 5.49. The number of oxazole rings is 1. The minimum atomic E-state index is -0.368. The average molecular weight is 358 g/mol. The Bertz CT molecular complexity index is 793. The number of aryl methyl sites for hydroxylation is 1. The normalized spacial score (nSPS) is 11.3. The van der Waals surface area contributed by atoms with Crippen molar-refractivity contribution in [1.82, 2.24) is 10.3 Å². The third-order valence-electron chi connectivity index (χ3n) is 3.89. The largest absolute Gasteiger partial charge is 0.493 e. The minimum Gasteiger partial charge on any atom is -0.493 e. The maximum Gasteiger partial charge on any atom is 0.217 e. The van der Waals surface area contributed by atoms with Crippen molar-refractivity contribution in [1.29, 1.82) is 0 Å². The molecule has 0 bridgehead atoms. The monoisotopic (exact) mass is 358 g/mol. The highest BCUT2D eigenvalue weighted by Crippen LogP contribution is 2.42. The Morgan fingerprint density at radius 2 is 2.04 bits per heavy atom. The summed E-state index contributed by atoms with van der Waals surface area (Å²) in [5.41, 5.74) is 1.42. The number of amides is 1. The van der Waals surface area contributed by atoms with Crippen molar-refractivity contribution in [3.8, 4) is 29.6 Å². The number of carbonyl (C=O) groups excluding carboxylic acids is 1. The number of ether oxygens (including phenoxy) is 3. The molecule has 2 aromatic rings. The summed E-state index contributed by atoms with van der Waals surface area (Å²) in [7, 11) is 4.59. The van der Waals surface area contributed by atoms with Crippen LogP contribution in [0.1, 0.15) is 36.4 Å². The molecule has 0 fully saturated rings. The molecule has 1 amide bonds. The first kappa shape index (κ1) is 19.2. The second-order valence-corrected chi connectivity index (χ2v) is 5.49. The van der Waals surface area contributed by atoms with Crippen molar-refractivity contribution in [2.24, 2.45) is 0 Å². The number of hydrogen-bond donors (Lipinski definition) is 1. The molecule has 1 aromatic carbocycles. The van der Waals surface area contributed by atoms with Gasteiger partial charge < -0.3 is 23.9 Å². The van der Waals surface area contributed by atoms with Crippen molar-refractivity contribution < 1.29 is 23.4 Å². The quantitative estimate of drug-likeness (QED) is 0.730. The summed E-state index contributed by atoms with van der Waals surface area (Å²) >= 11 is 0. The lowest BCUT2D eigenvalue weighted by molar-refractivity contribution is -0.119. The predicted molar refractivity (Wildman–Crippen MR) is 95.4 cm³/mol. The van der Waals surface area contributed by atoms with E-state index in [1.807, 2.05) is 6.07 Å². The molecule has 138 valence electrons. The second kappa shape index (κ2) is 8.81. The van der Waals surface area contributed by atoms with Crippen LogP contribution in [0.5, 0.6) is 17.2 Å². The first-order valence-electron chi connectivity index (χ1n) is 8.00. The summed E-state index contributed by atoms with van der Waals surface area (Å²) in [5, 5.41) is 2.84. The van der Waals surface area contributed by atoms with Gasteiger partial charge in [-0.2, -0.15) is 0 Å². The maximum atomic E-state index is 11.5. The number of aromatic nitrogens is 1. The van der Waals surface area contributed by atoms with Gasteiger partial charge in [0, 0.05) is 6.92 Å². The molecule has 1 aromatic heterocycles. The maximum absolute atomic E-state index is 11.5. The van der Waals surface area contributed by atoms with Crippen molar-refractivity contribution in [2.75, 3.05) is 21.3 Å². The van der Waals surface area contributed by atoms with E-state index >= 15 is 0 Å². The number of nitrogens with zero attached hydrogens (tertiary/aromatic N) is 1. The summed E-state index contributed by atoms with van der Waals surface area (Å²) in [6.45, 7) is 1.45. The Morgan fingerprint density at radius 1 is 1.31 bits per heavy atom. The molecule has 0 unspecified atom stereocenters. The Balaban J connectivity index is 2.35. The van der Waals surface area contributed by atoms with Crippen molar-refractivity contribution in [2.45, 2.75) is 25.8 Å². The third-order valence-corrected chi connectivity index (χ3v) is 3.89.